The lowest BCUT2D eigenvalue weighted by Crippen LogP contribution is -2.43. The first-order chi connectivity index (χ1) is 7.47. The summed E-state index contributed by atoms with van der Waals surface area (Å²) in [4.78, 5) is 15.9. The summed E-state index contributed by atoms with van der Waals surface area (Å²) in [7, 11) is 4.06. The molecule has 16 heavy (non-hydrogen) atoms. The summed E-state index contributed by atoms with van der Waals surface area (Å²) < 4.78 is 0. The molecule has 0 aromatic carbocycles. The van der Waals surface area contributed by atoms with Crippen molar-refractivity contribution in [3.05, 3.63) is 0 Å². The van der Waals surface area contributed by atoms with E-state index in [1.807, 2.05) is 19.0 Å². The Hall–Kier alpha value is -0.610. The molecule has 1 N–H and O–H groups in total. The normalized spacial score (nSPS) is 11.2. The van der Waals surface area contributed by atoms with E-state index >= 15 is 0 Å². The summed E-state index contributed by atoms with van der Waals surface area (Å²) in [6.45, 7) is 9.25. The Morgan fingerprint density at radius 3 is 2.25 bits per heavy atom. The molecule has 0 aromatic heterocycles. The monoisotopic (exact) mass is 229 g/mol. The summed E-state index contributed by atoms with van der Waals surface area (Å²) >= 11 is 0. The molecule has 0 aliphatic heterocycles. The van der Waals surface area contributed by atoms with Crippen molar-refractivity contribution >= 4 is 5.91 Å². The maximum atomic E-state index is 11.9. The minimum atomic E-state index is 0.206. The largest absolute Gasteiger partial charge is 0.340 e. The van der Waals surface area contributed by atoms with Crippen molar-refractivity contribution in [1.29, 1.82) is 0 Å². The highest BCUT2D eigenvalue weighted by Crippen LogP contribution is 1.94. The van der Waals surface area contributed by atoms with E-state index in [2.05, 4.69) is 31.0 Å². The molecule has 0 aromatic rings. The van der Waals surface area contributed by atoms with Crippen LogP contribution in [0.25, 0.3) is 0 Å². The van der Waals surface area contributed by atoms with Crippen LogP contribution in [-0.4, -0.2) is 62.0 Å². The third-order valence-corrected chi connectivity index (χ3v) is 2.32. The second-order valence-electron chi connectivity index (χ2n) is 4.72. The molecule has 96 valence electrons. The van der Waals surface area contributed by atoms with E-state index in [-0.39, 0.29) is 5.91 Å². The van der Waals surface area contributed by atoms with Crippen LogP contribution >= 0.6 is 0 Å². The zero-order valence-corrected chi connectivity index (χ0v) is 11.4. The number of hydrogen-bond donors (Lipinski definition) is 1. The molecule has 0 atom stereocenters. The summed E-state index contributed by atoms with van der Waals surface area (Å²) in [5.74, 6) is 0.206. The average molecular weight is 229 g/mol. The fourth-order valence-electron chi connectivity index (χ4n) is 1.36. The van der Waals surface area contributed by atoms with Gasteiger partial charge in [0.15, 0.2) is 0 Å². The molecule has 0 heterocycles. The summed E-state index contributed by atoms with van der Waals surface area (Å²) in [6, 6.07) is 0.362. The molecule has 0 unspecified atom stereocenters. The van der Waals surface area contributed by atoms with Gasteiger partial charge in [0.05, 0.1) is 6.54 Å². The van der Waals surface area contributed by atoms with Crippen LogP contribution < -0.4 is 5.32 Å². The Kier molecular flexibility index (Phi) is 8.21. The van der Waals surface area contributed by atoms with Gasteiger partial charge in [-0.3, -0.25) is 4.79 Å². The molecule has 0 saturated carbocycles. The van der Waals surface area contributed by atoms with Gasteiger partial charge in [0.2, 0.25) is 5.91 Å². The van der Waals surface area contributed by atoms with E-state index in [9.17, 15) is 4.79 Å². The standard InChI is InChI=1S/C12H27N3O/c1-6-7-15(9-8-14(4)5)12(16)10-13-11(2)3/h11,13H,6-10H2,1-5H3. The molecule has 0 saturated heterocycles. The van der Waals surface area contributed by atoms with Gasteiger partial charge in [0.25, 0.3) is 0 Å². The number of hydrogen-bond acceptors (Lipinski definition) is 3. The Labute approximate surface area is 100.0 Å². The van der Waals surface area contributed by atoms with Crippen molar-refractivity contribution in [1.82, 2.24) is 15.1 Å². The zero-order chi connectivity index (χ0) is 12.6. The number of nitrogens with zero attached hydrogens (tertiary/aromatic N) is 2. The van der Waals surface area contributed by atoms with E-state index in [0.717, 1.165) is 26.1 Å². The van der Waals surface area contributed by atoms with Gasteiger partial charge >= 0.3 is 0 Å². The molecular weight excluding hydrogens is 202 g/mol. The number of carbonyl (C=O) groups excluding carboxylic acids is 1. The maximum Gasteiger partial charge on any atom is 0.236 e. The van der Waals surface area contributed by atoms with Gasteiger partial charge in [-0.25, -0.2) is 0 Å². The number of rotatable bonds is 8. The maximum absolute atomic E-state index is 11.9. The summed E-state index contributed by atoms with van der Waals surface area (Å²) in [6.07, 6.45) is 1.01. The van der Waals surface area contributed by atoms with Gasteiger partial charge < -0.3 is 15.1 Å². The van der Waals surface area contributed by atoms with Gasteiger partial charge in [0, 0.05) is 25.7 Å². The summed E-state index contributed by atoms with van der Waals surface area (Å²) in [5, 5.41) is 3.17. The van der Waals surface area contributed by atoms with Crippen LogP contribution in [-0.2, 0) is 4.79 Å². The van der Waals surface area contributed by atoms with Gasteiger partial charge in [-0.1, -0.05) is 20.8 Å². The first-order valence-corrected chi connectivity index (χ1v) is 6.13. The number of carbonyl (C=O) groups is 1. The van der Waals surface area contributed by atoms with Gasteiger partial charge in [-0.2, -0.15) is 0 Å². The number of nitrogens with one attached hydrogen (secondary N) is 1. The lowest BCUT2D eigenvalue weighted by atomic mass is 10.3. The van der Waals surface area contributed by atoms with Gasteiger partial charge in [-0.15, -0.1) is 0 Å². The van der Waals surface area contributed by atoms with Crippen molar-refractivity contribution in [3.63, 3.8) is 0 Å². The SMILES string of the molecule is CCCN(CCN(C)C)C(=O)CNC(C)C. The molecule has 0 bridgehead atoms. The lowest BCUT2D eigenvalue weighted by Gasteiger charge is -2.24. The van der Waals surface area contributed by atoms with Crippen molar-refractivity contribution in [2.24, 2.45) is 0 Å². The Morgan fingerprint density at radius 2 is 1.81 bits per heavy atom. The van der Waals surface area contributed by atoms with Crippen LogP contribution in [0.5, 0.6) is 0 Å². The molecule has 0 aliphatic carbocycles. The molecule has 0 spiro atoms. The van der Waals surface area contributed by atoms with E-state index in [1.165, 1.54) is 0 Å². The van der Waals surface area contributed by atoms with Crippen molar-refractivity contribution in [2.45, 2.75) is 33.2 Å². The van der Waals surface area contributed by atoms with Gasteiger partial charge in [-0.05, 0) is 20.5 Å². The predicted molar refractivity (Wildman–Crippen MR) is 68.6 cm³/mol. The molecule has 0 aliphatic rings. The third kappa shape index (κ3) is 7.65. The van der Waals surface area contributed by atoms with Crippen LogP contribution in [0.2, 0.25) is 0 Å². The van der Waals surface area contributed by atoms with Crippen LogP contribution in [0.1, 0.15) is 27.2 Å². The molecular formula is C12H27N3O. The molecule has 0 rings (SSSR count). The van der Waals surface area contributed by atoms with Crippen molar-refractivity contribution in [2.75, 3.05) is 40.3 Å². The van der Waals surface area contributed by atoms with Crippen molar-refractivity contribution in [3.8, 4) is 0 Å². The Morgan fingerprint density at radius 1 is 1.19 bits per heavy atom. The molecule has 1 amide bonds. The molecule has 0 fully saturated rings. The Bertz CT molecular complexity index is 193. The number of amides is 1. The highest BCUT2D eigenvalue weighted by atomic mass is 16.2. The first-order valence-electron chi connectivity index (χ1n) is 6.13. The second-order valence-corrected chi connectivity index (χ2v) is 4.72. The van der Waals surface area contributed by atoms with E-state index < -0.39 is 0 Å². The van der Waals surface area contributed by atoms with E-state index in [1.54, 1.807) is 0 Å². The van der Waals surface area contributed by atoms with Gasteiger partial charge in [0.1, 0.15) is 0 Å². The highest BCUT2D eigenvalue weighted by molar-refractivity contribution is 5.78. The quantitative estimate of drug-likeness (QED) is 0.668. The molecule has 4 nitrogen and oxygen atoms in total. The van der Waals surface area contributed by atoms with Crippen LogP contribution in [0.3, 0.4) is 0 Å². The zero-order valence-electron chi connectivity index (χ0n) is 11.4. The lowest BCUT2D eigenvalue weighted by molar-refractivity contribution is -0.130. The Balaban J connectivity index is 4.02. The first kappa shape index (κ1) is 15.4. The smallest absolute Gasteiger partial charge is 0.236 e. The van der Waals surface area contributed by atoms with E-state index in [4.69, 9.17) is 0 Å². The van der Waals surface area contributed by atoms with Crippen LogP contribution in [0, 0.1) is 0 Å². The van der Waals surface area contributed by atoms with E-state index in [0.29, 0.717) is 12.6 Å². The fraction of sp³-hybridized carbons (Fsp3) is 0.917. The van der Waals surface area contributed by atoms with Crippen LogP contribution in [0.4, 0.5) is 0 Å². The topological polar surface area (TPSA) is 35.6 Å². The fourth-order valence-corrected chi connectivity index (χ4v) is 1.36. The molecule has 0 radical (unpaired) electrons. The van der Waals surface area contributed by atoms with Crippen LogP contribution in [0.15, 0.2) is 0 Å². The highest BCUT2D eigenvalue weighted by Gasteiger charge is 2.12. The second kappa shape index (κ2) is 8.53. The summed E-state index contributed by atoms with van der Waals surface area (Å²) in [5.41, 5.74) is 0. The van der Waals surface area contributed by atoms with Crippen molar-refractivity contribution < 1.29 is 4.79 Å². The average Bonchev–Trinajstić information content (AvgIpc) is 2.20. The predicted octanol–water partition coefficient (Wildman–Crippen LogP) is 0.785. The molecule has 4 heteroatoms. The number of likely N-dealkylation sites (N-methyl/N-ethyl adjacent to an activating group) is 1. The minimum absolute atomic E-state index is 0.206. The minimum Gasteiger partial charge on any atom is -0.340 e. The third-order valence-electron chi connectivity index (χ3n) is 2.32.